The lowest BCUT2D eigenvalue weighted by Gasteiger charge is -2.16. The molecule has 2 rings (SSSR count). The second kappa shape index (κ2) is 5.11. The van der Waals surface area contributed by atoms with Gasteiger partial charge in [0.15, 0.2) is 5.78 Å². The molecule has 0 aliphatic heterocycles. The van der Waals surface area contributed by atoms with E-state index in [1.165, 1.54) is 0 Å². The molecule has 2 heteroatoms. The Labute approximate surface area is 113 Å². The van der Waals surface area contributed by atoms with Crippen molar-refractivity contribution in [2.75, 3.05) is 0 Å². The molecule has 0 saturated heterocycles. The molecule has 0 bridgehead atoms. The highest BCUT2D eigenvalue weighted by Crippen LogP contribution is 2.29. The molecular weight excluding hydrogens is 244 g/mol. The van der Waals surface area contributed by atoms with E-state index in [-0.39, 0.29) is 11.7 Å². The number of fused-ring (bicyclic) bond motifs is 1. The van der Waals surface area contributed by atoms with Crippen LogP contribution in [0.1, 0.15) is 31.1 Å². The van der Waals surface area contributed by atoms with Crippen molar-refractivity contribution in [2.45, 2.75) is 20.8 Å². The first kappa shape index (κ1) is 13.1. The third-order valence-corrected chi connectivity index (χ3v) is 3.88. The molecule has 1 atom stereocenters. The van der Waals surface area contributed by atoms with Gasteiger partial charge in [-0.3, -0.25) is 4.79 Å². The SMILES string of the molecule is CC(C)C(C)C(=O)c1ccc(Cl)c2ccccc12. The summed E-state index contributed by atoms with van der Waals surface area (Å²) in [7, 11) is 0. The summed E-state index contributed by atoms with van der Waals surface area (Å²) in [5, 5.41) is 2.59. The van der Waals surface area contributed by atoms with Crippen LogP contribution in [-0.2, 0) is 0 Å². The van der Waals surface area contributed by atoms with Gasteiger partial charge in [0, 0.05) is 21.9 Å². The summed E-state index contributed by atoms with van der Waals surface area (Å²) in [6, 6.07) is 11.4. The van der Waals surface area contributed by atoms with Gasteiger partial charge in [-0.2, -0.15) is 0 Å². The van der Waals surface area contributed by atoms with Crippen LogP contribution in [0.4, 0.5) is 0 Å². The first-order valence-corrected chi connectivity index (χ1v) is 6.61. The van der Waals surface area contributed by atoms with Gasteiger partial charge < -0.3 is 0 Å². The molecule has 94 valence electrons. The van der Waals surface area contributed by atoms with Crippen molar-refractivity contribution in [1.29, 1.82) is 0 Å². The molecule has 0 fully saturated rings. The van der Waals surface area contributed by atoms with Crippen molar-refractivity contribution in [3.8, 4) is 0 Å². The van der Waals surface area contributed by atoms with Crippen LogP contribution in [0.2, 0.25) is 5.02 Å². The molecule has 0 spiro atoms. The smallest absolute Gasteiger partial charge is 0.166 e. The minimum absolute atomic E-state index is 0.0228. The average Bonchev–Trinajstić information content (AvgIpc) is 2.38. The summed E-state index contributed by atoms with van der Waals surface area (Å²) in [5.41, 5.74) is 0.774. The molecule has 0 amide bonds. The highest BCUT2D eigenvalue weighted by atomic mass is 35.5. The van der Waals surface area contributed by atoms with Gasteiger partial charge in [-0.05, 0) is 23.4 Å². The largest absolute Gasteiger partial charge is 0.294 e. The van der Waals surface area contributed by atoms with E-state index in [2.05, 4.69) is 13.8 Å². The molecule has 0 heterocycles. The van der Waals surface area contributed by atoms with Crippen LogP contribution in [0.3, 0.4) is 0 Å². The zero-order chi connectivity index (χ0) is 13.3. The van der Waals surface area contributed by atoms with Gasteiger partial charge in [-0.25, -0.2) is 0 Å². The predicted molar refractivity (Wildman–Crippen MR) is 77.3 cm³/mol. The van der Waals surface area contributed by atoms with Crippen molar-refractivity contribution in [3.63, 3.8) is 0 Å². The number of hydrogen-bond donors (Lipinski definition) is 0. The van der Waals surface area contributed by atoms with Crippen LogP contribution in [0, 0.1) is 11.8 Å². The molecule has 2 aromatic carbocycles. The fourth-order valence-corrected chi connectivity index (χ4v) is 2.25. The van der Waals surface area contributed by atoms with Crippen LogP contribution in [0.5, 0.6) is 0 Å². The first-order valence-electron chi connectivity index (χ1n) is 6.24. The first-order chi connectivity index (χ1) is 8.52. The normalized spacial score (nSPS) is 12.9. The summed E-state index contributed by atoms with van der Waals surface area (Å²) in [4.78, 5) is 12.5. The summed E-state index contributed by atoms with van der Waals surface area (Å²) >= 11 is 6.16. The number of halogens is 1. The molecule has 0 saturated carbocycles. The van der Waals surface area contributed by atoms with Gasteiger partial charge >= 0.3 is 0 Å². The molecular formula is C16H17ClO. The highest BCUT2D eigenvalue weighted by molar-refractivity contribution is 6.36. The zero-order valence-electron chi connectivity index (χ0n) is 10.9. The zero-order valence-corrected chi connectivity index (χ0v) is 11.7. The van der Waals surface area contributed by atoms with Gasteiger partial charge in [-0.15, -0.1) is 0 Å². The third-order valence-electron chi connectivity index (χ3n) is 3.55. The van der Waals surface area contributed by atoms with E-state index >= 15 is 0 Å². The van der Waals surface area contributed by atoms with Crippen molar-refractivity contribution in [2.24, 2.45) is 11.8 Å². The minimum Gasteiger partial charge on any atom is -0.294 e. The average molecular weight is 261 g/mol. The van der Waals surface area contributed by atoms with Crippen LogP contribution < -0.4 is 0 Å². The molecule has 0 aliphatic rings. The molecule has 18 heavy (non-hydrogen) atoms. The van der Waals surface area contributed by atoms with Crippen molar-refractivity contribution in [3.05, 3.63) is 47.0 Å². The van der Waals surface area contributed by atoms with E-state index in [0.717, 1.165) is 16.3 Å². The lowest BCUT2D eigenvalue weighted by atomic mass is 9.88. The second-order valence-electron chi connectivity index (χ2n) is 5.04. The van der Waals surface area contributed by atoms with Gasteiger partial charge in [0.1, 0.15) is 0 Å². The Morgan fingerprint density at radius 2 is 1.61 bits per heavy atom. The maximum atomic E-state index is 12.5. The van der Waals surface area contributed by atoms with E-state index in [1.807, 2.05) is 43.3 Å². The molecule has 0 aliphatic carbocycles. The Morgan fingerprint density at radius 1 is 1.00 bits per heavy atom. The van der Waals surface area contributed by atoms with Gasteiger partial charge in [0.25, 0.3) is 0 Å². The van der Waals surface area contributed by atoms with E-state index in [0.29, 0.717) is 10.9 Å². The fraction of sp³-hybridized carbons (Fsp3) is 0.312. The van der Waals surface area contributed by atoms with Gasteiger partial charge in [0.05, 0.1) is 0 Å². The summed E-state index contributed by atoms with van der Waals surface area (Å²) in [5.74, 6) is 0.555. The van der Waals surface area contributed by atoms with E-state index in [1.54, 1.807) is 0 Å². The Kier molecular flexibility index (Phi) is 3.72. The Bertz CT molecular complexity index is 587. The number of Topliss-reactive ketones (excluding diaryl/α,β-unsaturated/α-hetero) is 1. The number of ketones is 1. The Hall–Kier alpha value is -1.34. The van der Waals surface area contributed by atoms with Gasteiger partial charge in [0.2, 0.25) is 0 Å². The maximum Gasteiger partial charge on any atom is 0.166 e. The predicted octanol–water partition coefficient (Wildman–Crippen LogP) is 4.97. The third kappa shape index (κ3) is 2.28. The van der Waals surface area contributed by atoms with E-state index < -0.39 is 0 Å². The molecule has 1 unspecified atom stereocenters. The van der Waals surface area contributed by atoms with Crippen LogP contribution >= 0.6 is 11.6 Å². The summed E-state index contributed by atoms with van der Waals surface area (Å²) in [6.45, 7) is 6.12. The maximum absolute atomic E-state index is 12.5. The van der Waals surface area contributed by atoms with Crippen LogP contribution in [0.15, 0.2) is 36.4 Å². The van der Waals surface area contributed by atoms with Crippen molar-refractivity contribution < 1.29 is 4.79 Å². The Morgan fingerprint density at radius 3 is 2.22 bits per heavy atom. The lowest BCUT2D eigenvalue weighted by molar-refractivity contribution is 0.0901. The molecule has 0 N–H and O–H groups in total. The number of rotatable bonds is 3. The second-order valence-corrected chi connectivity index (χ2v) is 5.44. The Balaban J connectivity index is 2.59. The fourth-order valence-electron chi connectivity index (χ4n) is 2.03. The molecule has 1 nitrogen and oxygen atoms in total. The molecule has 0 aromatic heterocycles. The summed E-state index contributed by atoms with van der Waals surface area (Å²) in [6.07, 6.45) is 0. The van der Waals surface area contributed by atoms with E-state index in [9.17, 15) is 4.79 Å². The van der Waals surface area contributed by atoms with Crippen LogP contribution in [-0.4, -0.2) is 5.78 Å². The van der Waals surface area contributed by atoms with Gasteiger partial charge in [-0.1, -0.05) is 56.6 Å². The monoisotopic (exact) mass is 260 g/mol. The van der Waals surface area contributed by atoms with E-state index in [4.69, 9.17) is 11.6 Å². The number of carbonyl (C=O) groups excluding carboxylic acids is 1. The van der Waals surface area contributed by atoms with Crippen LogP contribution in [0.25, 0.3) is 10.8 Å². The highest BCUT2D eigenvalue weighted by Gasteiger charge is 2.20. The molecule has 0 radical (unpaired) electrons. The number of benzene rings is 2. The molecule has 2 aromatic rings. The van der Waals surface area contributed by atoms with Crippen molar-refractivity contribution in [1.82, 2.24) is 0 Å². The van der Waals surface area contributed by atoms with Crippen molar-refractivity contribution >= 4 is 28.2 Å². The standard InChI is InChI=1S/C16H17ClO/c1-10(2)11(3)16(18)14-8-9-15(17)13-7-5-4-6-12(13)14/h4-11H,1-3H3. The summed E-state index contributed by atoms with van der Waals surface area (Å²) < 4.78 is 0. The number of hydrogen-bond acceptors (Lipinski definition) is 1. The lowest BCUT2D eigenvalue weighted by Crippen LogP contribution is -2.17. The number of carbonyl (C=O) groups is 1. The topological polar surface area (TPSA) is 17.1 Å². The minimum atomic E-state index is 0.0228. The quantitative estimate of drug-likeness (QED) is 0.712.